The summed E-state index contributed by atoms with van der Waals surface area (Å²) in [5, 5.41) is 6.33. The highest BCUT2D eigenvalue weighted by Crippen LogP contribution is 2.22. The van der Waals surface area contributed by atoms with Crippen molar-refractivity contribution >= 4 is 23.8 Å². The fraction of sp³-hybridized carbons (Fsp3) is 0.393. The van der Waals surface area contributed by atoms with E-state index in [-0.39, 0.29) is 35.7 Å². The molecule has 2 aromatic carbocycles. The van der Waals surface area contributed by atoms with E-state index in [1.54, 1.807) is 23.1 Å². The van der Waals surface area contributed by atoms with Crippen molar-refractivity contribution in [1.82, 2.24) is 15.5 Å². The number of nitrogens with one attached hydrogen (secondary N) is 2. The number of nitrogens with zero attached hydrogens (tertiary/aromatic N) is 1. The molecule has 0 unspecified atom stereocenters. The Morgan fingerprint density at radius 2 is 1.44 bits per heavy atom. The van der Waals surface area contributed by atoms with Crippen LogP contribution in [0.15, 0.2) is 66.7 Å². The van der Waals surface area contributed by atoms with E-state index in [4.69, 9.17) is 0 Å². The van der Waals surface area contributed by atoms with Gasteiger partial charge in [0.05, 0.1) is 5.92 Å². The summed E-state index contributed by atoms with van der Waals surface area (Å²) in [6, 6.07) is 18.7. The minimum Gasteiger partial charge on any atom is -0.351 e. The van der Waals surface area contributed by atoms with Crippen molar-refractivity contribution < 1.29 is 14.4 Å². The highest BCUT2D eigenvalue weighted by Gasteiger charge is 2.32. The third kappa shape index (κ3) is 6.34. The van der Waals surface area contributed by atoms with Crippen LogP contribution in [0.4, 0.5) is 0 Å². The molecule has 1 aliphatic heterocycles. The molecule has 0 aromatic heterocycles. The molecule has 1 saturated heterocycles. The van der Waals surface area contributed by atoms with Gasteiger partial charge in [-0.2, -0.15) is 0 Å². The fourth-order valence-electron chi connectivity index (χ4n) is 4.85. The second-order valence-corrected chi connectivity index (χ2v) is 9.21. The van der Waals surface area contributed by atoms with Crippen molar-refractivity contribution in [1.29, 1.82) is 0 Å². The number of likely N-dealkylation sites (tertiary alicyclic amines) is 1. The number of piperidine rings is 1. The Bertz CT molecular complexity index is 1010. The number of hydrogen-bond acceptors (Lipinski definition) is 3. The molecule has 34 heavy (non-hydrogen) atoms. The third-order valence-corrected chi connectivity index (χ3v) is 6.77. The van der Waals surface area contributed by atoms with E-state index >= 15 is 0 Å². The number of rotatable bonds is 6. The van der Waals surface area contributed by atoms with E-state index in [2.05, 4.69) is 10.6 Å². The van der Waals surface area contributed by atoms with Gasteiger partial charge in [-0.3, -0.25) is 14.4 Å². The highest BCUT2D eigenvalue weighted by atomic mass is 16.2. The average molecular weight is 460 g/mol. The lowest BCUT2D eigenvalue weighted by molar-refractivity contribution is -0.132. The minimum atomic E-state index is -0.227. The van der Waals surface area contributed by atoms with E-state index in [0.29, 0.717) is 18.7 Å². The number of hydrogen-bond donors (Lipinski definition) is 2. The maximum Gasteiger partial charge on any atom is 0.251 e. The van der Waals surface area contributed by atoms with Crippen LogP contribution in [0.5, 0.6) is 0 Å². The van der Waals surface area contributed by atoms with E-state index in [9.17, 15) is 14.4 Å². The Kier molecular flexibility index (Phi) is 8.12. The Hall–Kier alpha value is -3.41. The largest absolute Gasteiger partial charge is 0.351 e. The molecule has 0 bridgehead atoms. The molecule has 6 nitrogen and oxygen atoms in total. The molecule has 0 radical (unpaired) electrons. The van der Waals surface area contributed by atoms with Gasteiger partial charge in [0.2, 0.25) is 11.8 Å². The summed E-state index contributed by atoms with van der Waals surface area (Å²) >= 11 is 0. The average Bonchev–Trinajstić information content (AvgIpc) is 2.89. The van der Waals surface area contributed by atoms with Crippen molar-refractivity contribution in [3.63, 3.8) is 0 Å². The number of benzene rings is 2. The van der Waals surface area contributed by atoms with Crippen LogP contribution in [0.1, 0.15) is 54.4 Å². The smallest absolute Gasteiger partial charge is 0.251 e. The summed E-state index contributed by atoms with van der Waals surface area (Å²) in [6.07, 6.45) is 8.74. The first-order valence-corrected chi connectivity index (χ1v) is 12.3. The number of carbonyl (C=O) groups is 3. The predicted octanol–water partition coefficient (Wildman–Crippen LogP) is 3.80. The van der Waals surface area contributed by atoms with Gasteiger partial charge in [-0.05, 0) is 49.5 Å². The fourth-order valence-corrected chi connectivity index (χ4v) is 4.85. The Balaban J connectivity index is 1.32. The minimum absolute atomic E-state index is 0.0181. The van der Waals surface area contributed by atoms with Crippen molar-refractivity contribution in [3.05, 3.63) is 77.9 Å². The van der Waals surface area contributed by atoms with Crippen molar-refractivity contribution in [3.8, 4) is 0 Å². The quantitative estimate of drug-likeness (QED) is 0.645. The van der Waals surface area contributed by atoms with Gasteiger partial charge >= 0.3 is 0 Å². The molecule has 2 fully saturated rings. The molecular weight excluding hydrogens is 426 g/mol. The first-order valence-electron chi connectivity index (χ1n) is 12.3. The van der Waals surface area contributed by atoms with E-state index in [1.165, 1.54) is 0 Å². The summed E-state index contributed by atoms with van der Waals surface area (Å²) in [6.45, 7) is 1.10. The Labute approximate surface area is 201 Å². The van der Waals surface area contributed by atoms with Crippen LogP contribution in [-0.2, 0) is 9.59 Å². The van der Waals surface area contributed by atoms with Gasteiger partial charge < -0.3 is 15.5 Å². The molecule has 3 amide bonds. The van der Waals surface area contributed by atoms with Crippen LogP contribution in [0, 0.1) is 5.92 Å². The van der Waals surface area contributed by atoms with Crippen LogP contribution in [0.2, 0.25) is 0 Å². The summed E-state index contributed by atoms with van der Waals surface area (Å²) in [4.78, 5) is 40.3. The zero-order valence-electron chi connectivity index (χ0n) is 19.5. The van der Waals surface area contributed by atoms with Gasteiger partial charge in [-0.1, -0.05) is 61.4 Å². The zero-order valence-corrected chi connectivity index (χ0v) is 19.5. The lowest BCUT2D eigenvalue weighted by atomic mass is 9.88. The summed E-state index contributed by atoms with van der Waals surface area (Å²) < 4.78 is 0. The standard InChI is InChI=1S/C28H33N3O3/c32-26(18-17-21-10-3-1-4-11-21)31-19-9-14-23(20-31)28(34)30-25-16-8-7-15-24(25)29-27(33)22-12-5-2-6-13-22/h1-6,10-13,17-18,23-25H,7-9,14-16,19-20H2,(H,29,33)(H,30,34)/b18-17+/t23-,24+,25+/m0/s1. The molecule has 1 heterocycles. The van der Waals surface area contributed by atoms with Crippen LogP contribution in [0.3, 0.4) is 0 Å². The SMILES string of the molecule is O=C(N[C@@H]1CCCC[C@H]1NC(=O)[C@H]1CCCN(C(=O)/C=C/c2ccccc2)C1)c1ccccc1. The maximum atomic E-state index is 13.1. The van der Waals surface area contributed by atoms with Crippen LogP contribution in [-0.4, -0.2) is 47.8 Å². The van der Waals surface area contributed by atoms with E-state index < -0.39 is 0 Å². The van der Waals surface area contributed by atoms with Crippen molar-refractivity contribution in [2.24, 2.45) is 5.92 Å². The Morgan fingerprint density at radius 1 is 0.794 bits per heavy atom. The molecule has 2 aromatic rings. The van der Waals surface area contributed by atoms with Gasteiger partial charge in [-0.15, -0.1) is 0 Å². The van der Waals surface area contributed by atoms with E-state index in [1.807, 2.05) is 54.6 Å². The molecule has 1 aliphatic carbocycles. The van der Waals surface area contributed by atoms with Crippen LogP contribution in [0.25, 0.3) is 6.08 Å². The molecular formula is C28H33N3O3. The monoisotopic (exact) mass is 459 g/mol. The zero-order chi connectivity index (χ0) is 23.8. The normalized spacial score (nSPS) is 22.8. The molecule has 4 rings (SSSR count). The van der Waals surface area contributed by atoms with Gasteiger partial charge in [-0.25, -0.2) is 0 Å². The number of carbonyl (C=O) groups excluding carboxylic acids is 3. The molecule has 6 heteroatoms. The van der Waals surface area contributed by atoms with Crippen molar-refractivity contribution in [2.75, 3.05) is 13.1 Å². The highest BCUT2D eigenvalue weighted by molar-refractivity contribution is 5.94. The third-order valence-electron chi connectivity index (χ3n) is 6.77. The molecule has 3 atom stereocenters. The second kappa shape index (κ2) is 11.6. The van der Waals surface area contributed by atoms with Gasteiger partial charge in [0.15, 0.2) is 0 Å². The van der Waals surface area contributed by atoms with Crippen molar-refractivity contribution in [2.45, 2.75) is 50.6 Å². The molecule has 1 saturated carbocycles. The topological polar surface area (TPSA) is 78.5 Å². The molecule has 0 spiro atoms. The Morgan fingerprint density at radius 3 is 2.15 bits per heavy atom. The molecule has 178 valence electrons. The predicted molar refractivity (Wildman–Crippen MR) is 133 cm³/mol. The number of amides is 3. The lowest BCUT2D eigenvalue weighted by Gasteiger charge is -2.36. The van der Waals surface area contributed by atoms with Crippen LogP contribution >= 0.6 is 0 Å². The van der Waals surface area contributed by atoms with Gasteiger partial charge in [0.1, 0.15) is 0 Å². The summed E-state index contributed by atoms with van der Waals surface area (Å²) in [5.41, 5.74) is 1.60. The van der Waals surface area contributed by atoms with E-state index in [0.717, 1.165) is 44.1 Å². The lowest BCUT2D eigenvalue weighted by Crippen LogP contribution is -2.55. The summed E-state index contributed by atoms with van der Waals surface area (Å²) in [7, 11) is 0. The molecule has 2 N–H and O–H groups in total. The van der Waals surface area contributed by atoms with Gasteiger partial charge in [0.25, 0.3) is 5.91 Å². The van der Waals surface area contributed by atoms with Gasteiger partial charge in [0, 0.05) is 36.8 Å². The second-order valence-electron chi connectivity index (χ2n) is 9.21. The summed E-state index contributed by atoms with van der Waals surface area (Å²) in [5.74, 6) is -0.413. The molecule has 2 aliphatic rings. The first kappa shape index (κ1) is 23.7. The van der Waals surface area contributed by atoms with Crippen LogP contribution < -0.4 is 10.6 Å². The first-order chi connectivity index (χ1) is 16.6. The maximum absolute atomic E-state index is 13.1.